The van der Waals surface area contributed by atoms with Crippen LogP contribution in [-0.4, -0.2) is 14.5 Å². The average molecular weight is 245 g/mol. The van der Waals surface area contributed by atoms with E-state index in [-0.39, 0.29) is 6.04 Å². The van der Waals surface area contributed by atoms with E-state index in [1.54, 1.807) is 0 Å². The van der Waals surface area contributed by atoms with Crippen molar-refractivity contribution in [3.63, 3.8) is 0 Å². The number of aryl methyl sites for hydroxylation is 2. The molecule has 0 saturated carbocycles. The second kappa shape index (κ2) is 6.28. The molecule has 0 saturated heterocycles. The summed E-state index contributed by atoms with van der Waals surface area (Å²) in [5.74, 6) is 6.61. The fourth-order valence-electron chi connectivity index (χ4n) is 2.02. The first kappa shape index (κ1) is 12.7. The van der Waals surface area contributed by atoms with Gasteiger partial charge in [0.15, 0.2) is 0 Å². The molecule has 2 rings (SSSR count). The van der Waals surface area contributed by atoms with Crippen LogP contribution in [0.5, 0.6) is 0 Å². The fraction of sp³-hybridized carbons (Fsp3) is 0.385. The van der Waals surface area contributed by atoms with Crippen LogP contribution >= 0.6 is 0 Å². The zero-order valence-corrected chi connectivity index (χ0v) is 10.6. The van der Waals surface area contributed by atoms with E-state index in [0.717, 1.165) is 30.9 Å². The molecule has 0 aliphatic carbocycles. The quantitative estimate of drug-likeness (QED) is 0.597. The standard InChI is InChI=1S/C13H19N5/c1-2-18-10-9-16-13(18)12(17-14)7-6-11-5-3-4-8-15-11/h3-5,8-10,12,17H,2,6-7,14H2,1H3. The van der Waals surface area contributed by atoms with Gasteiger partial charge in [0.2, 0.25) is 0 Å². The summed E-state index contributed by atoms with van der Waals surface area (Å²) in [5.41, 5.74) is 3.91. The number of aromatic nitrogens is 3. The molecule has 0 aliphatic rings. The van der Waals surface area contributed by atoms with E-state index in [4.69, 9.17) is 5.84 Å². The van der Waals surface area contributed by atoms with Gasteiger partial charge in [-0.05, 0) is 31.9 Å². The molecule has 5 nitrogen and oxygen atoms in total. The lowest BCUT2D eigenvalue weighted by Gasteiger charge is -2.16. The molecule has 0 radical (unpaired) electrons. The number of hydrogen-bond donors (Lipinski definition) is 2. The van der Waals surface area contributed by atoms with Crippen molar-refractivity contribution in [2.45, 2.75) is 32.4 Å². The van der Waals surface area contributed by atoms with E-state index >= 15 is 0 Å². The van der Waals surface area contributed by atoms with Crippen LogP contribution in [0.3, 0.4) is 0 Å². The Balaban J connectivity index is 2.02. The van der Waals surface area contributed by atoms with Crippen molar-refractivity contribution in [1.82, 2.24) is 20.0 Å². The third-order valence-electron chi connectivity index (χ3n) is 3.02. The van der Waals surface area contributed by atoms with Crippen LogP contribution < -0.4 is 11.3 Å². The lowest BCUT2D eigenvalue weighted by atomic mass is 10.1. The predicted octanol–water partition coefficient (Wildman–Crippen LogP) is 1.44. The van der Waals surface area contributed by atoms with Gasteiger partial charge in [0.1, 0.15) is 5.82 Å². The van der Waals surface area contributed by atoms with Crippen molar-refractivity contribution >= 4 is 0 Å². The molecular weight excluding hydrogens is 226 g/mol. The number of nitrogens with one attached hydrogen (secondary N) is 1. The Hall–Kier alpha value is -1.72. The normalized spacial score (nSPS) is 12.6. The van der Waals surface area contributed by atoms with Gasteiger partial charge in [0.05, 0.1) is 6.04 Å². The van der Waals surface area contributed by atoms with E-state index in [1.165, 1.54) is 0 Å². The molecule has 5 heteroatoms. The summed E-state index contributed by atoms with van der Waals surface area (Å²) in [5, 5.41) is 0. The Labute approximate surface area is 107 Å². The molecule has 2 aromatic rings. The first-order chi connectivity index (χ1) is 8.85. The Morgan fingerprint density at radius 1 is 1.33 bits per heavy atom. The minimum atomic E-state index is 0.0574. The summed E-state index contributed by atoms with van der Waals surface area (Å²) in [4.78, 5) is 8.68. The van der Waals surface area contributed by atoms with E-state index in [0.29, 0.717) is 0 Å². The topological polar surface area (TPSA) is 68.8 Å². The van der Waals surface area contributed by atoms with Crippen molar-refractivity contribution in [3.8, 4) is 0 Å². The summed E-state index contributed by atoms with van der Waals surface area (Å²) in [7, 11) is 0. The van der Waals surface area contributed by atoms with Crippen molar-refractivity contribution in [2.24, 2.45) is 5.84 Å². The summed E-state index contributed by atoms with van der Waals surface area (Å²) in [6, 6.07) is 6.01. The number of nitrogens with zero attached hydrogens (tertiary/aromatic N) is 3. The van der Waals surface area contributed by atoms with Gasteiger partial charge in [-0.25, -0.2) is 10.4 Å². The molecule has 0 bridgehead atoms. The zero-order valence-electron chi connectivity index (χ0n) is 10.6. The Bertz CT molecular complexity index is 465. The molecule has 2 aromatic heterocycles. The molecule has 0 fully saturated rings. The third-order valence-corrected chi connectivity index (χ3v) is 3.02. The predicted molar refractivity (Wildman–Crippen MR) is 70.5 cm³/mol. The minimum Gasteiger partial charge on any atom is -0.334 e. The molecule has 3 N–H and O–H groups in total. The summed E-state index contributed by atoms with van der Waals surface area (Å²) in [6.45, 7) is 2.99. The van der Waals surface area contributed by atoms with Crippen molar-refractivity contribution < 1.29 is 0 Å². The van der Waals surface area contributed by atoms with E-state index in [2.05, 4.69) is 26.9 Å². The fourth-order valence-corrected chi connectivity index (χ4v) is 2.02. The van der Waals surface area contributed by atoms with Crippen LogP contribution in [-0.2, 0) is 13.0 Å². The van der Waals surface area contributed by atoms with Gasteiger partial charge in [0, 0.05) is 30.8 Å². The number of rotatable bonds is 6. The monoisotopic (exact) mass is 245 g/mol. The maximum atomic E-state index is 5.63. The molecule has 96 valence electrons. The highest BCUT2D eigenvalue weighted by Gasteiger charge is 2.15. The molecule has 1 unspecified atom stereocenters. The van der Waals surface area contributed by atoms with Gasteiger partial charge < -0.3 is 4.57 Å². The van der Waals surface area contributed by atoms with Crippen LogP contribution in [0.2, 0.25) is 0 Å². The van der Waals surface area contributed by atoms with Gasteiger partial charge in [-0.3, -0.25) is 10.8 Å². The lowest BCUT2D eigenvalue weighted by Crippen LogP contribution is -2.30. The second-order valence-electron chi connectivity index (χ2n) is 4.15. The van der Waals surface area contributed by atoms with Crippen molar-refractivity contribution in [2.75, 3.05) is 0 Å². The summed E-state index contributed by atoms with van der Waals surface area (Å²) in [6.07, 6.45) is 7.36. The van der Waals surface area contributed by atoms with Gasteiger partial charge >= 0.3 is 0 Å². The highest BCUT2D eigenvalue weighted by atomic mass is 15.3. The van der Waals surface area contributed by atoms with Gasteiger partial charge in [-0.1, -0.05) is 6.07 Å². The molecule has 0 amide bonds. The Morgan fingerprint density at radius 2 is 2.22 bits per heavy atom. The van der Waals surface area contributed by atoms with Gasteiger partial charge in [-0.15, -0.1) is 0 Å². The average Bonchev–Trinajstić information content (AvgIpc) is 2.89. The lowest BCUT2D eigenvalue weighted by molar-refractivity contribution is 0.467. The van der Waals surface area contributed by atoms with E-state index in [9.17, 15) is 0 Å². The van der Waals surface area contributed by atoms with Crippen LogP contribution in [0.25, 0.3) is 0 Å². The molecule has 18 heavy (non-hydrogen) atoms. The maximum Gasteiger partial charge on any atom is 0.127 e. The number of hydrazine groups is 1. The molecule has 1 atom stereocenters. The number of nitrogens with two attached hydrogens (primary N) is 1. The first-order valence-corrected chi connectivity index (χ1v) is 6.22. The number of imidazole rings is 1. The van der Waals surface area contributed by atoms with E-state index < -0.39 is 0 Å². The smallest absolute Gasteiger partial charge is 0.127 e. The number of pyridine rings is 1. The van der Waals surface area contributed by atoms with Crippen LogP contribution in [0.1, 0.15) is 30.9 Å². The van der Waals surface area contributed by atoms with Gasteiger partial charge in [-0.2, -0.15) is 0 Å². The third kappa shape index (κ3) is 2.94. The summed E-state index contributed by atoms with van der Waals surface area (Å²) < 4.78 is 2.10. The van der Waals surface area contributed by atoms with Crippen LogP contribution in [0.15, 0.2) is 36.8 Å². The first-order valence-electron chi connectivity index (χ1n) is 6.22. The highest BCUT2D eigenvalue weighted by Crippen LogP contribution is 2.16. The minimum absolute atomic E-state index is 0.0574. The van der Waals surface area contributed by atoms with Crippen molar-refractivity contribution in [1.29, 1.82) is 0 Å². The number of hydrogen-bond acceptors (Lipinski definition) is 4. The van der Waals surface area contributed by atoms with E-state index in [1.807, 2.05) is 36.8 Å². The van der Waals surface area contributed by atoms with Crippen LogP contribution in [0, 0.1) is 0 Å². The van der Waals surface area contributed by atoms with Gasteiger partial charge in [0.25, 0.3) is 0 Å². The largest absolute Gasteiger partial charge is 0.334 e. The summed E-state index contributed by atoms with van der Waals surface area (Å²) >= 11 is 0. The molecule has 2 heterocycles. The second-order valence-corrected chi connectivity index (χ2v) is 4.15. The SMILES string of the molecule is CCn1ccnc1C(CCc1ccccn1)NN. The molecule has 0 aliphatic heterocycles. The molecule has 0 aromatic carbocycles. The Morgan fingerprint density at radius 3 is 2.89 bits per heavy atom. The molecular formula is C13H19N5. The van der Waals surface area contributed by atoms with Crippen molar-refractivity contribution in [3.05, 3.63) is 48.3 Å². The molecule has 0 spiro atoms. The highest BCUT2D eigenvalue weighted by molar-refractivity contribution is 5.06. The zero-order chi connectivity index (χ0) is 12.8. The Kier molecular flexibility index (Phi) is 4.44. The van der Waals surface area contributed by atoms with Crippen LogP contribution in [0.4, 0.5) is 0 Å². The maximum absolute atomic E-state index is 5.63.